The second-order valence-electron chi connectivity index (χ2n) is 5.59. The van der Waals surface area contributed by atoms with E-state index in [1.54, 1.807) is 11.8 Å². The van der Waals surface area contributed by atoms with Crippen molar-refractivity contribution >= 4 is 17.7 Å². The zero-order valence-corrected chi connectivity index (χ0v) is 14.3. The highest BCUT2D eigenvalue weighted by Crippen LogP contribution is 2.30. The summed E-state index contributed by atoms with van der Waals surface area (Å²) >= 11 is 1.77. The van der Waals surface area contributed by atoms with Crippen molar-refractivity contribution in [1.82, 2.24) is 5.32 Å². The van der Waals surface area contributed by atoms with Gasteiger partial charge >= 0.3 is 0 Å². The molecule has 1 unspecified atom stereocenters. The standard InChI is InChI=1S/C19H21NO3S/c21-19(10-11-24-14-15-6-2-1-3-7-15)20-12-16-13-22-17-8-4-5-9-18(17)23-16/h1-9,16H,10-14H2,(H,20,21). The molecule has 3 rings (SSSR count). The van der Waals surface area contributed by atoms with Gasteiger partial charge in [-0.3, -0.25) is 4.79 Å². The number of benzene rings is 2. The van der Waals surface area contributed by atoms with Crippen LogP contribution in [0.2, 0.25) is 0 Å². The lowest BCUT2D eigenvalue weighted by Crippen LogP contribution is -2.40. The Balaban J connectivity index is 1.32. The molecule has 0 radical (unpaired) electrons. The Morgan fingerprint density at radius 2 is 1.83 bits per heavy atom. The number of thioether (sulfide) groups is 1. The molecule has 0 saturated heterocycles. The topological polar surface area (TPSA) is 47.6 Å². The molecule has 24 heavy (non-hydrogen) atoms. The predicted molar refractivity (Wildman–Crippen MR) is 96.6 cm³/mol. The summed E-state index contributed by atoms with van der Waals surface area (Å²) in [7, 11) is 0. The lowest BCUT2D eigenvalue weighted by atomic mass is 10.2. The van der Waals surface area contributed by atoms with Crippen LogP contribution >= 0.6 is 11.8 Å². The van der Waals surface area contributed by atoms with Gasteiger partial charge in [-0.1, -0.05) is 42.5 Å². The maximum Gasteiger partial charge on any atom is 0.220 e. The van der Waals surface area contributed by atoms with E-state index in [1.165, 1.54) is 5.56 Å². The third-order valence-electron chi connectivity index (χ3n) is 3.68. The molecule has 0 aliphatic carbocycles. The summed E-state index contributed by atoms with van der Waals surface area (Å²) in [4.78, 5) is 11.9. The number of amides is 1. The van der Waals surface area contributed by atoms with E-state index in [9.17, 15) is 4.79 Å². The Hall–Kier alpha value is -2.14. The highest BCUT2D eigenvalue weighted by molar-refractivity contribution is 7.98. The molecule has 1 heterocycles. The van der Waals surface area contributed by atoms with Crippen LogP contribution in [0.15, 0.2) is 54.6 Å². The second-order valence-corrected chi connectivity index (χ2v) is 6.70. The summed E-state index contributed by atoms with van der Waals surface area (Å²) < 4.78 is 11.5. The molecule has 1 amide bonds. The van der Waals surface area contributed by atoms with E-state index in [2.05, 4.69) is 17.4 Å². The molecule has 0 saturated carbocycles. The fourth-order valence-electron chi connectivity index (χ4n) is 2.41. The third kappa shape index (κ3) is 4.93. The van der Waals surface area contributed by atoms with Gasteiger partial charge in [0.1, 0.15) is 12.7 Å². The van der Waals surface area contributed by atoms with Crippen LogP contribution in [0.25, 0.3) is 0 Å². The van der Waals surface area contributed by atoms with E-state index >= 15 is 0 Å². The Bertz CT molecular complexity index is 663. The van der Waals surface area contributed by atoms with Crippen LogP contribution < -0.4 is 14.8 Å². The van der Waals surface area contributed by atoms with Crippen molar-refractivity contribution in [3.05, 3.63) is 60.2 Å². The molecule has 5 heteroatoms. The van der Waals surface area contributed by atoms with Gasteiger partial charge < -0.3 is 14.8 Å². The molecule has 2 aromatic rings. The van der Waals surface area contributed by atoms with E-state index < -0.39 is 0 Å². The smallest absolute Gasteiger partial charge is 0.220 e. The molecule has 1 N–H and O–H groups in total. The summed E-state index contributed by atoms with van der Waals surface area (Å²) in [5.74, 6) is 3.30. The van der Waals surface area contributed by atoms with Crippen LogP contribution in [-0.4, -0.2) is 30.9 Å². The Labute approximate surface area is 146 Å². The molecule has 4 nitrogen and oxygen atoms in total. The first kappa shape index (κ1) is 16.7. The van der Waals surface area contributed by atoms with Gasteiger partial charge in [-0.2, -0.15) is 11.8 Å². The van der Waals surface area contributed by atoms with E-state index in [1.807, 2.05) is 42.5 Å². The SMILES string of the molecule is O=C(CCSCc1ccccc1)NCC1COc2ccccc2O1. The zero-order valence-electron chi connectivity index (χ0n) is 13.4. The maximum atomic E-state index is 11.9. The van der Waals surface area contributed by atoms with Crippen LogP contribution in [0.3, 0.4) is 0 Å². The van der Waals surface area contributed by atoms with Gasteiger partial charge in [0.15, 0.2) is 11.5 Å². The minimum atomic E-state index is -0.138. The van der Waals surface area contributed by atoms with Crippen molar-refractivity contribution in [3.8, 4) is 11.5 Å². The van der Waals surface area contributed by atoms with Gasteiger partial charge in [0.05, 0.1) is 6.54 Å². The second kappa shape index (κ2) is 8.64. The molecule has 1 atom stereocenters. The summed E-state index contributed by atoms with van der Waals surface area (Å²) in [6.45, 7) is 0.927. The van der Waals surface area contributed by atoms with Gasteiger partial charge in [-0.15, -0.1) is 0 Å². The van der Waals surface area contributed by atoms with Gasteiger partial charge in [0.25, 0.3) is 0 Å². The zero-order chi connectivity index (χ0) is 16.6. The van der Waals surface area contributed by atoms with E-state index in [0.29, 0.717) is 19.6 Å². The number of ether oxygens (including phenoxy) is 2. The maximum absolute atomic E-state index is 11.9. The van der Waals surface area contributed by atoms with E-state index in [-0.39, 0.29) is 12.0 Å². The quantitative estimate of drug-likeness (QED) is 0.784. The molecule has 2 aromatic carbocycles. The molecule has 0 aromatic heterocycles. The average Bonchev–Trinajstić information content (AvgIpc) is 2.64. The minimum Gasteiger partial charge on any atom is -0.486 e. The Kier molecular flexibility index (Phi) is 6.01. The summed E-state index contributed by atoms with van der Waals surface area (Å²) in [6, 6.07) is 17.9. The van der Waals surface area contributed by atoms with Gasteiger partial charge in [0, 0.05) is 17.9 Å². The van der Waals surface area contributed by atoms with Crippen molar-refractivity contribution in [3.63, 3.8) is 0 Å². The molecular weight excluding hydrogens is 322 g/mol. The van der Waals surface area contributed by atoms with E-state index in [0.717, 1.165) is 23.0 Å². The lowest BCUT2D eigenvalue weighted by Gasteiger charge is -2.26. The molecule has 1 aliphatic rings. The Morgan fingerprint density at radius 3 is 2.67 bits per heavy atom. The highest BCUT2D eigenvalue weighted by Gasteiger charge is 2.20. The lowest BCUT2D eigenvalue weighted by molar-refractivity contribution is -0.121. The Morgan fingerprint density at radius 1 is 1.08 bits per heavy atom. The van der Waals surface area contributed by atoms with Crippen molar-refractivity contribution in [2.45, 2.75) is 18.3 Å². The van der Waals surface area contributed by atoms with Gasteiger partial charge in [-0.05, 0) is 17.7 Å². The van der Waals surface area contributed by atoms with Crippen LogP contribution in [0.4, 0.5) is 0 Å². The number of hydrogen-bond acceptors (Lipinski definition) is 4. The number of nitrogens with one attached hydrogen (secondary N) is 1. The van der Waals surface area contributed by atoms with Crippen molar-refractivity contribution in [2.75, 3.05) is 18.9 Å². The number of rotatable bonds is 7. The van der Waals surface area contributed by atoms with E-state index in [4.69, 9.17) is 9.47 Å². The summed E-state index contributed by atoms with van der Waals surface area (Å²) in [6.07, 6.45) is 0.377. The molecule has 1 aliphatic heterocycles. The van der Waals surface area contributed by atoms with Crippen LogP contribution in [-0.2, 0) is 10.5 Å². The largest absolute Gasteiger partial charge is 0.486 e. The summed E-state index contributed by atoms with van der Waals surface area (Å²) in [5.41, 5.74) is 1.29. The molecule has 126 valence electrons. The number of fused-ring (bicyclic) bond motifs is 1. The van der Waals surface area contributed by atoms with Gasteiger partial charge in [-0.25, -0.2) is 0 Å². The van der Waals surface area contributed by atoms with Crippen LogP contribution in [0.5, 0.6) is 11.5 Å². The fourth-order valence-corrected chi connectivity index (χ4v) is 3.31. The predicted octanol–water partition coefficient (Wildman–Crippen LogP) is 3.27. The number of carbonyl (C=O) groups is 1. The summed E-state index contributed by atoms with van der Waals surface area (Å²) in [5, 5.41) is 2.92. The number of para-hydroxylation sites is 2. The first-order valence-electron chi connectivity index (χ1n) is 8.08. The normalized spacial score (nSPS) is 15.8. The van der Waals surface area contributed by atoms with Crippen molar-refractivity contribution < 1.29 is 14.3 Å². The highest BCUT2D eigenvalue weighted by atomic mass is 32.2. The van der Waals surface area contributed by atoms with Crippen molar-refractivity contribution in [1.29, 1.82) is 0 Å². The van der Waals surface area contributed by atoms with Gasteiger partial charge in [0.2, 0.25) is 5.91 Å². The first-order valence-corrected chi connectivity index (χ1v) is 9.23. The molecule has 0 spiro atoms. The minimum absolute atomic E-state index is 0.0537. The first-order chi connectivity index (χ1) is 11.8. The molecular formula is C19H21NO3S. The van der Waals surface area contributed by atoms with Crippen LogP contribution in [0, 0.1) is 0 Å². The molecule has 0 bridgehead atoms. The third-order valence-corrected chi connectivity index (χ3v) is 4.71. The molecule has 0 fully saturated rings. The van der Waals surface area contributed by atoms with Crippen LogP contribution in [0.1, 0.15) is 12.0 Å². The fraction of sp³-hybridized carbons (Fsp3) is 0.316. The monoisotopic (exact) mass is 343 g/mol. The number of hydrogen-bond donors (Lipinski definition) is 1. The van der Waals surface area contributed by atoms with Crippen molar-refractivity contribution in [2.24, 2.45) is 0 Å². The number of carbonyl (C=O) groups excluding carboxylic acids is 1. The average molecular weight is 343 g/mol.